The largest absolute Gasteiger partial charge is 0.478 e. The lowest BCUT2D eigenvalue weighted by Gasteiger charge is -2.10. The molecule has 140 valence electrons. The number of hydrogen-bond donors (Lipinski definition) is 1. The highest BCUT2D eigenvalue weighted by Crippen LogP contribution is 2.40. The van der Waals surface area contributed by atoms with Crippen molar-refractivity contribution >= 4 is 46.3 Å². The summed E-state index contributed by atoms with van der Waals surface area (Å²) in [6, 6.07) is 8.18. The first kappa shape index (κ1) is 19.3. The summed E-state index contributed by atoms with van der Waals surface area (Å²) in [5.41, 5.74) is 0.534. The molecule has 3 aromatic rings. The Morgan fingerprint density at radius 2 is 2.04 bits per heavy atom. The number of nitrogens with zero attached hydrogens (tertiary/aromatic N) is 2. The fraction of sp³-hybridized carbons (Fsp3) is 0.111. The molecule has 1 aromatic carbocycles. The van der Waals surface area contributed by atoms with Gasteiger partial charge in [0, 0.05) is 35.8 Å². The third kappa shape index (κ3) is 3.96. The Balaban J connectivity index is 2.11. The maximum atomic E-state index is 12.8. The van der Waals surface area contributed by atoms with Gasteiger partial charge in [0.05, 0.1) is 15.6 Å². The zero-order valence-corrected chi connectivity index (χ0v) is 15.4. The highest BCUT2D eigenvalue weighted by molar-refractivity contribution is 7.99. The minimum atomic E-state index is -4.53. The molecule has 3 rings (SSSR count). The summed E-state index contributed by atoms with van der Waals surface area (Å²) < 4.78 is 40.2. The normalized spacial score (nSPS) is 12.2. The number of aryl methyl sites for hydroxylation is 1. The number of para-hydroxylation sites is 1. The highest BCUT2D eigenvalue weighted by atomic mass is 35.5. The lowest BCUT2D eigenvalue weighted by Crippen LogP contribution is -2.05. The summed E-state index contributed by atoms with van der Waals surface area (Å²) in [6.45, 7) is 0. The third-order valence-electron chi connectivity index (χ3n) is 3.81. The third-order valence-corrected chi connectivity index (χ3v) is 5.42. The highest BCUT2D eigenvalue weighted by Gasteiger charge is 2.31. The van der Waals surface area contributed by atoms with E-state index in [0.29, 0.717) is 10.6 Å². The Hall–Kier alpha value is -2.45. The fourth-order valence-electron chi connectivity index (χ4n) is 2.59. The van der Waals surface area contributed by atoms with Crippen molar-refractivity contribution in [3.63, 3.8) is 0 Å². The van der Waals surface area contributed by atoms with Crippen LogP contribution in [0.25, 0.3) is 17.0 Å². The number of alkyl halides is 3. The van der Waals surface area contributed by atoms with E-state index in [4.69, 9.17) is 16.7 Å². The van der Waals surface area contributed by atoms with E-state index in [1.807, 2.05) is 28.8 Å². The number of fused-ring (bicyclic) bond motifs is 1. The SMILES string of the molecule is Cn1c(Sc2ncc(C(F)(F)F)cc2Cl)c(/C=C/C(=O)O)c2ccccc21. The number of benzene rings is 1. The molecule has 0 aliphatic carbocycles. The van der Waals surface area contributed by atoms with Crippen LogP contribution in [0, 0.1) is 0 Å². The van der Waals surface area contributed by atoms with Crippen LogP contribution in [0.1, 0.15) is 11.1 Å². The van der Waals surface area contributed by atoms with E-state index < -0.39 is 17.7 Å². The van der Waals surface area contributed by atoms with Crippen molar-refractivity contribution in [2.75, 3.05) is 0 Å². The first-order valence-electron chi connectivity index (χ1n) is 7.57. The van der Waals surface area contributed by atoms with Crippen LogP contribution in [0.15, 0.2) is 52.7 Å². The van der Waals surface area contributed by atoms with Gasteiger partial charge in [-0.3, -0.25) is 0 Å². The number of hydrogen-bond acceptors (Lipinski definition) is 3. The van der Waals surface area contributed by atoms with E-state index >= 15 is 0 Å². The second kappa shape index (κ2) is 7.28. The lowest BCUT2D eigenvalue weighted by atomic mass is 10.1. The molecule has 2 heterocycles. The number of carboxylic acids is 1. The first-order chi connectivity index (χ1) is 12.7. The zero-order valence-electron chi connectivity index (χ0n) is 13.8. The molecule has 0 saturated heterocycles. The average Bonchev–Trinajstić information content (AvgIpc) is 2.86. The summed E-state index contributed by atoms with van der Waals surface area (Å²) in [7, 11) is 1.78. The van der Waals surface area contributed by atoms with Crippen molar-refractivity contribution in [3.8, 4) is 0 Å². The monoisotopic (exact) mass is 412 g/mol. The van der Waals surface area contributed by atoms with Crippen molar-refractivity contribution in [1.82, 2.24) is 9.55 Å². The molecule has 0 radical (unpaired) electrons. The van der Waals surface area contributed by atoms with Crippen molar-refractivity contribution in [2.24, 2.45) is 7.05 Å². The van der Waals surface area contributed by atoms with Crippen LogP contribution in [0.2, 0.25) is 5.02 Å². The minimum absolute atomic E-state index is 0.131. The van der Waals surface area contributed by atoms with Crippen LogP contribution in [-0.4, -0.2) is 20.6 Å². The van der Waals surface area contributed by atoms with Crippen LogP contribution in [0.4, 0.5) is 13.2 Å². The standard InChI is InChI=1S/C18H12ClF3N2O2S/c1-24-14-5-3-2-4-11(14)12(6-7-15(25)26)17(24)27-16-13(19)8-10(9-23-16)18(20,21)22/h2-9H,1H3,(H,25,26)/b7-6+. The smallest absolute Gasteiger partial charge is 0.417 e. The number of rotatable bonds is 4. The Morgan fingerprint density at radius 1 is 1.33 bits per heavy atom. The number of carboxylic acid groups (broad SMARTS) is 1. The first-order valence-corrected chi connectivity index (χ1v) is 8.77. The second-order valence-electron chi connectivity index (χ2n) is 5.58. The van der Waals surface area contributed by atoms with Gasteiger partial charge in [-0.1, -0.05) is 29.8 Å². The maximum Gasteiger partial charge on any atom is 0.417 e. The van der Waals surface area contributed by atoms with Crippen LogP contribution < -0.4 is 0 Å². The molecule has 4 nitrogen and oxygen atoms in total. The van der Waals surface area contributed by atoms with Gasteiger partial charge in [0.25, 0.3) is 0 Å². The van der Waals surface area contributed by atoms with Crippen LogP contribution in [0.5, 0.6) is 0 Å². The fourth-order valence-corrected chi connectivity index (χ4v) is 3.84. The van der Waals surface area contributed by atoms with Crippen molar-refractivity contribution in [2.45, 2.75) is 16.2 Å². The van der Waals surface area contributed by atoms with E-state index in [2.05, 4.69) is 4.98 Å². The van der Waals surface area contributed by atoms with Gasteiger partial charge in [0.15, 0.2) is 0 Å². The number of halogens is 4. The van der Waals surface area contributed by atoms with E-state index in [9.17, 15) is 18.0 Å². The summed E-state index contributed by atoms with van der Waals surface area (Å²) in [6.07, 6.45) is -1.35. The number of aliphatic carboxylic acids is 1. The molecule has 2 aromatic heterocycles. The zero-order chi connectivity index (χ0) is 19.8. The van der Waals surface area contributed by atoms with Crippen LogP contribution >= 0.6 is 23.4 Å². The second-order valence-corrected chi connectivity index (χ2v) is 6.96. The molecule has 27 heavy (non-hydrogen) atoms. The van der Waals surface area contributed by atoms with E-state index in [-0.39, 0.29) is 10.0 Å². The van der Waals surface area contributed by atoms with Gasteiger partial charge in [-0.25, -0.2) is 9.78 Å². The molecule has 0 aliphatic heterocycles. The molecular weight excluding hydrogens is 401 g/mol. The Morgan fingerprint density at radius 3 is 2.67 bits per heavy atom. The van der Waals surface area contributed by atoms with Gasteiger partial charge in [0.2, 0.25) is 0 Å². The minimum Gasteiger partial charge on any atom is -0.478 e. The molecule has 0 spiro atoms. The molecule has 0 amide bonds. The summed E-state index contributed by atoms with van der Waals surface area (Å²) >= 11 is 7.08. The Kier molecular flexibility index (Phi) is 5.21. The Bertz CT molecular complexity index is 1060. The van der Waals surface area contributed by atoms with Crippen molar-refractivity contribution in [1.29, 1.82) is 0 Å². The van der Waals surface area contributed by atoms with Gasteiger partial charge in [-0.15, -0.1) is 0 Å². The molecular formula is C18H12ClF3N2O2S. The van der Waals surface area contributed by atoms with Gasteiger partial charge in [0.1, 0.15) is 5.03 Å². The Labute approximate surface area is 161 Å². The van der Waals surface area contributed by atoms with Gasteiger partial charge < -0.3 is 9.67 Å². The molecule has 0 unspecified atom stereocenters. The molecule has 0 fully saturated rings. The molecule has 0 bridgehead atoms. The summed E-state index contributed by atoms with van der Waals surface area (Å²) in [5, 5.41) is 10.4. The quantitative estimate of drug-likeness (QED) is 0.575. The van der Waals surface area contributed by atoms with Gasteiger partial charge >= 0.3 is 12.1 Å². The molecule has 0 saturated carbocycles. The van der Waals surface area contributed by atoms with Crippen LogP contribution in [-0.2, 0) is 18.0 Å². The van der Waals surface area contributed by atoms with Gasteiger partial charge in [-0.2, -0.15) is 13.2 Å². The predicted molar refractivity (Wildman–Crippen MR) is 98.0 cm³/mol. The molecule has 9 heteroatoms. The number of pyridine rings is 1. The number of carbonyl (C=O) groups is 1. The molecule has 0 aliphatic rings. The van der Waals surface area contributed by atoms with Gasteiger partial charge in [-0.05, 0) is 30.0 Å². The predicted octanol–water partition coefficient (Wildman–Crippen LogP) is 5.49. The lowest BCUT2D eigenvalue weighted by molar-refractivity contribution is -0.138. The van der Waals surface area contributed by atoms with Crippen LogP contribution in [0.3, 0.4) is 0 Å². The summed E-state index contributed by atoms with van der Waals surface area (Å²) in [4.78, 5) is 14.8. The van der Waals surface area contributed by atoms with Crippen molar-refractivity contribution in [3.05, 3.63) is 58.8 Å². The average molecular weight is 413 g/mol. The van der Waals surface area contributed by atoms with E-state index in [1.165, 1.54) is 6.08 Å². The topological polar surface area (TPSA) is 55.1 Å². The molecule has 0 atom stereocenters. The maximum absolute atomic E-state index is 12.8. The summed E-state index contributed by atoms with van der Waals surface area (Å²) in [5.74, 6) is -1.11. The molecule has 1 N–H and O–H groups in total. The van der Waals surface area contributed by atoms with Crippen molar-refractivity contribution < 1.29 is 23.1 Å². The van der Waals surface area contributed by atoms with E-state index in [1.54, 1.807) is 7.05 Å². The number of aromatic nitrogens is 2. The van der Waals surface area contributed by atoms with E-state index in [0.717, 1.165) is 41.0 Å².